The largest absolute Gasteiger partial charge is 0.480 e. The number of aliphatic carboxylic acids is 1. The van der Waals surface area contributed by atoms with Gasteiger partial charge in [0.1, 0.15) is 0 Å². The molecule has 0 spiro atoms. The van der Waals surface area contributed by atoms with Gasteiger partial charge >= 0.3 is 12.0 Å². The van der Waals surface area contributed by atoms with Crippen molar-refractivity contribution in [3.05, 3.63) is 96.1 Å². The number of hydrogen-bond acceptors (Lipinski definition) is 4. The van der Waals surface area contributed by atoms with Crippen LogP contribution in [0.2, 0.25) is 0 Å². The number of carboxylic acids is 1. The smallest absolute Gasteiger partial charge is 0.328 e. The molecule has 0 saturated carbocycles. The van der Waals surface area contributed by atoms with Crippen LogP contribution in [-0.4, -0.2) is 47.1 Å². The molecule has 3 aromatic rings. The summed E-state index contributed by atoms with van der Waals surface area (Å²) < 4.78 is 5.49. The van der Waals surface area contributed by atoms with E-state index in [4.69, 9.17) is 4.74 Å². The molecule has 3 rings (SSSR count). The fourth-order valence-electron chi connectivity index (χ4n) is 3.41. The highest BCUT2D eigenvalue weighted by molar-refractivity contribution is 6.05. The Morgan fingerprint density at radius 1 is 0.912 bits per heavy atom. The van der Waals surface area contributed by atoms with Crippen molar-refractivity contribution in [1.82, 2.24) is 10.2 Å². The van der Waals surface area contributed by atoms with Crippen LogP contribution < -0.4 is 5.32 Å². The standard InChI is InChI=1S/C27H28N2O5/c1-2-16-29(25(30)23-15-9-14-22(17-23)21-12-7-4-8-13-21)27(33)28-24(26(31)32)19-34-18-20-10-5-3-6-11-20/h3-15,17,24H,2,16,18-19H2,1H3,(H,28,33)(H,31,32)/t24-/m0/s1. The fourth-order valence-corrected chi connectivity index (χ4v) is 3.41. The Labute approximate surface area is 199 Å². The van der Waals surface area contributed by atoms with E-state index in [1.165, 1.54) is 0 Å². The highest BCUT2D eigenvalue weighted by Crippen LogP contribution is 2.21. The predicted octanol–water partition coefficient (Wildman–Crippen LogP) is 4.59. The van der Waals surface area contributed by atoms with Gasteiger partial charge in [-0.2, -0.15) is 0 Å². The maximum Gasteiger partial charge on any atom is 0.328 e. The van der Waals surface area contributed by atoms with E-state index in [-0.39, 0.29) is 19.8 Å². The van der Waals surface area contributed by atoms with E-state index in [0.717, 1.165) is 21.6 Å². The molecule has 0 unspecified atom stereocenters. The summed E-state index contributed by atoms with van der Waals surface area (Å²) in [5.74, 6) is -1.73. The number of nitrogens with one attached hydrogen (secondary N) is 1. The van der Waals surface area contributed by atoms with Crippen LogP contribution in [0, 0.1) is 0 Å². The van der Waals surface area contributed by atoms with Gasteiger partial charge in [0.2, 0.25) is 0 Å². The Bertz CT molecular complexity index is 1100. The molecule has 0 radical (unpaired) electrons. The van der Waals surface area contributed by atoms with Crippen LogP contribution in [0.3, 0.4) is 0 Å². The van der Waals surface area contributed by atoms with E-state index in [1.807, 2.05) is 73.7 Å². The molecular formula is C27H28N2O5. The number of carboxylic acid groups (broad SMARTS) is 1. The Morgan fingerprint density at radius 2 is 1.56 bits per heavy atom. The van der Waals surface area contributed by atoms with E-state index in [1.54, 1.807) is 18.2 Å². The van der Waals surface area contributed by atoms with Gasteiger partial charge in [-0.25, -0.2) is 9.59 Å². The zero-order valence-electron chi connectivity index (χ0n) is 19.0. The number of benzene rings is 3. The summed E-state index contributed by atoms with van der Waals surface area (Å²) in [6.07, 6.45) is 0.528. The van der Waals surface area contributed by atoms with Gasteiger partial charge in [0.05, 0.1) is 13.2 Å². The zero-order valence-corrected chi connectivity index (χ0v) is 19.0. The van der Waals surface area contributed by atoms with Crippen molar-refractivity contribution in [2.24, 2.45) is 0 Å². The van der Waals surface area contributed by atoms with Crippen molar-refractivity contribution in [2.45, 2.75) is 26.0 Å². The minimum Gasteiger partial charge on any atom is -0.480 e. The van der Waals surface area contributed by atoms with Gasteiger partial charge in [-0.1, -0.05) is 79.7 Å². The number of amides is 3. The lowest BCUT2D eigenvalue weighted by Gasteiger charge is -2.23. The fraction of sp³-hybridized carbons (Fsp3) is 0.222. The first-order valence-corrected chi connectivity index (χ1v) is 11.1. The molecule has 7 nitrogen and oxygen atoms in total. The molecular weight excluding hydrogens is 432 g/mol. The summed E-state index contributed by atoms with van der Waals surface area (Å²) in [6, 6.07) is 23.9. The predicted molar refractivity (Wildman–Crippen MR) is 129 cm³/mol. The first kappa shape index (κ1) is 24.7. The van der Waals surface area contributed by atoms with Crippen molar-refractivity contribution in [1.29, 1.82) is 0 Å². The number of carbonyl (C=O) groups excluding carboxylic acids is 2. The monoisotopic (exact) mass is 460 g/mol. The summed E-state index contributed by atoms with van der Waals surface area (Å²) in [7, 11) is 0. The molecule has 1 atom stereocenters. The average molecular weight is 461 g/mol. The number of ether oxygens (including phenoxy) is 1. The van der Waals surface area contributed by atoms with Crippen LogP contribution in [0.5, 0.6) is 0 Å². The second kappa shape index (κ2) is 12.3. The molecule has 0 bridgehead atoms. The molecule has 0 heterocycles. The van der Waals surface area contributed by atoms with Crippen LogP contribution in [0.25, 0.3) is 11.1 Å². The van der Waals surface area contributed by atoms with Crippen molar-refractivity contribution >= 4 is 17.9 Å². The molecule has 2 N–H and O–H groups in total. The number of hydrogen-bond donors (Lipinski definition) is 2. The van der Waals surface area contributed by atoms with Gasteiger partial charge in [0, 0.05) is 12.1 Å². The van der Waals surface area contributed by atoms with Crippen molar-refractivity contribution < 1.29 is 24.2 Å². The minimum absolute atomic E-state index is 0.150. The molecule has 0 aliphatic carbocycles. The third-order valence-electron chi connectivity index (χ3n) is 5.15. The van der Waals surface area contributed by atoms with Crippen LogP contribution in [0.1, 0.15) is 29.3 Å². The van der Waals surface area contributed by atoms with Crippen LogP contribution in [0.15, 0.2) is 84.9 Å². The van der Waals surface area contributed by atoms with Gasteiger partial charge in [0.25, 0.3) is 5.91 Å². The van der Waals surface area contributed by atoms with Gasteiger partial charge in [-0.3, -0.25) is 9.69 Å². The van der Waals surface area contributed by atoms with Crippen LogP contribution in [0.4, 0.5) is 4.79 Å². The molecule has 0 saturated heterocycles. The second-order valence-electron chi connectivity index (χ2n) is 7.74. The van der Waals surface area contributed by atoms with Gasteiger partial charge in [0.15, 0.2) is 6.04 Å². The average Bonchev–Trinajstić information content (AvgIpc) is 2.87. The summed E-state index contributed by atoms with van der Waals surface area (Å²) >= 11 is 0. The van der Waals surface area contributed by atoms with Crippen LogP contribution in [-0.2, 0) is 16.1 Å². The highest BCUT2D eigenvalue weighted by Gasteiger charge is 2.27. The maximum atomic E-state index is 13.2. The number of carbonyl (C=O) groups is 3. The van der Waals surface area contributed by atoms with E-state index >= 15 is 0 Å². The topological polar surface area (TPSA) is 95.9 Å². The van der Waals surface area contributed by atoms with E-state index in [2.05, 4.69) is 5.32 Å². The van der Waals surface area contributed by atoms with Gasteiger partial charge in [-0.15, -0.1) is 0 Å². The molecule has 176 valence electrons. The summed E-state index contributed by atoms with van der Waals surface area (Å²) in [6.45, 7) is 1.97. The SMILES string of the molecule is CCCN(C(=O)N[C@@H](COCc1ccccc1)C(=O)O)C(=O)c1cccc(-c2ccccc2)c1. The van der Waals surface area contributed by atoms with E-state index in [0.29, 0.717) is 12.0 Å². The molecule has 34 heavy (non-hydrogen) atoms. The lowest BCUT2D eigenvalue weighted by Crippen LogP contribution is -2.51. The number of urea groups is 1. The van der Waals surface area contributed by atoms with Crippen molar-refractivity contribution in [3.8, 4) is 11.1 Å². The summed E-state index contributed by atoms with van der Waals surface area (Å²) in [5.41, 5.74) is 3.03. The summed E-state index contributed by atoms with van der Waals surface area (Å²) in [5, 5.41) is 12.0. The Morgan fingerprint density at radius 3 is 2.21 bits per heavy atom. The third kappa shape index (κ3) is 6.76. The number of nitrogens with zero attached hydrogens (tertiary/aromatic N) is 1. The molecule has 0 aliphatic heterocycles. The second-order valence-corrected chi connectivity index (χ2v) is 7.74. The normalized spacial score (nSPS) is 11.4. The molecule has 0 fully saturated rings. The minimum atomic E-state index is -1.29. The van der Waals surface area contributed by atoms with Crippen molar-refractivity contribution in [2.75, 3.05) is 13.2 Å². The number of rotatable bonds is 10. The number of imide groups is 1. The first-order valence-electron chi connectivity index (χ1n) is 11.1. The summed E-state index contributed by atoms with van der Waals surface area (Å²) in [4.78, 5) is 38.9. The molecule has 0 aromatic heterocycles. The lowest BCUT2D eigenvalue weighted by molar-refractivity contribution is -0.141. The Balaban J connectivity index is 1.69. The van der Waals surface area contributed by atoms with Crippen molar-refractivity contribution in [3.63, 3.8) is 0 Å². The highest BCUT2D eigenvalue weighted by atomic mass is 16.5. The third-order valence-corrected chi connectivity index (χ3v) is 5.15. The first-order chi connectivity index (χ1) is 16.5. The molecule has 0 aliphatic rings. The lowest BCUT2D eigenvalue weighted by atomic mass is 10.0. The molecule has 7 heteroatoms. The van der Waals surface area contributed by atoms with Gasteiger partial charge in [-0.05, 0) is 35.2 Å². The maximum absolute atomic E-state index is 13.2. The van der Waals surface area contributed by atoms with E-state index < -0.39 is 23.9 Å². The zero-order chi connectivity index (χ0) is 24.3. The molecule has 3 aromatic carbocycles. The van der Waals surface area contributed by atoms with Gasteiger partial charge < -0.3 is 15.2 Å². The molecule has 3 amide bonds. The Kier molecular flexibility index (Phi) is 8.94. The Hall–Kier alpha value is -3.97. The van der Waals surface area contributed by atoms with E-state index in [9.17, 15) is 19.5 Å². The van der Waals surface area contributed by atoms with Crippen LogP contribution >= 0.6 is 0 Å². The quantitative estimate of drug-likeness (QED) is 0.462.